The number of carbonyl (C=O) groups excluding carboxylic acids is 3. The molecule has 2 heterocycles. The lowest BCUT2D eigenvalue weighted by Gasteiger charge is -2.22. The molecule has 4 N–H and O–H groups in total. The highest BCUT2D eigenvalue weighted by Crippen LogP contribution is 2.39. The summed E-state index contributed by atoms with van der Waals surface area (Å²) in [5.74, 6) is -0.499. The standard InChI is InChI=1S/C20H22N4O4/c1-12(25)22-9-10-24-19(27)20(2)11-16-15(7-8-23-18(16)28-20)13-3-5-14(6-4-13)17(21)26/h3-8H,9-11H2,1-2H3,(H2,21,26)(H,22,25)(H,24,27). The van der Waals surface area contributed by atoms with Crippen LogP contribution in [0.25, 0.3) is 11.1 Å². The van der Waals surface area contributed by atoms with Crippen molar-refractivity contribution in [3.8, 4) is 17.0 Å². The van der Waals surface area contributed by atoms with E-state index in [4.69, 9.17) is 10.5 Å². The van der Waals surface area contributed by atoms with Crippen LogP contribution in [0.1, 0.15) is 29.8 Å². The summed E-state index contributed by atoms with van der Waals surface area (Å²) in [6, 6.07) is 8.78. The molecule has 3 amide bonds. The van der Waals surface area contributed by atoms with Crippen LogP contribution in [-0.4, -0.2) is 41.4 Å². The van der Waals surface area contributed by atoms with E-state index in [1.54, 1.807) is 37.4 Å². The molecule has 1 atom stereocenters. The Bertz CT molecular complexity index is 926. The van der Waals surface area contributed by atoms with Crippen molar-refractivity contribution in [3.05, 3.63) is 47.7 Å². The van der Waals surface area contributed by atoms with E-state index in [0.717, 1.165) is 16.7 Å². The summed E-state index contributed by atoms with van der Waals surface area (Å²) in [4.78, 5) is 39.0. The highest BCUT2D eigenvalue weighted by atomic mass is 16.5. The number of rotatable bonds is 6. The SMILES string of the molecule is CC(=O)NCCNC(=O)C1(C)Cc2c(-c3ccc(C(N)=O)cc3)ccnc2O1. The minimum atomic E-state index is -1.09. The first-order valence-electron chi connectivity index (χ1n) is 8.90. The fraction of sp³-hybridized carbons (Fsp3) is 0.300. The molecule has 1 aromatic heterocycles. The summed E-state index contributed by atoms with van der Waals surface area (Å²) in [7, 11) is 0. The van der Waals surface area contributed by atoms with E-state index in [-0.39, 0.29) is 11.8 Å². The zero-order valence-electron chi connectivity index (χ0n) is 15.7. The van der Waals surface area contributed by atoms with Gasteiger partial charge in [0.15, 0.2) is 5.60 Å². The lowest BCUT2D eigenvalue weighted by Crippen LogP contribution is -2.49. The number of pyridine rings is 1. The second kappa shape index (κ2) is 7.67. The van der Waals surface area contributed by atoms with Crippen LogP contribution in [0.3, 0.4) is 0 Å². The van der Waals surface area contributed by atoms with Crippen molar-refractivity contribution in [1.29, 1.82) is 0 Å². The molecule has 1 aromatic carbocycles. The van der Waals surface area contributed by atoms with Crippen LogP contribution in [0.2, 0.25) is 0 Å². The number of aromatic nitrogens is 1. The Labute approximate surface area is 162 Å². The first-order chi connectivity index (χ1) is 13.3. The number of ether oxygens (including phenoxy) is 1. The molecule has 1 unspecified atom stereocenters. The lowest BCUT2D eigenvalue weighted by atomic mass is 9.93. The average molecular weight is 382 g/mol. The fourth-order valence-corrected chi connectivity index (χ4v) is 3.13. The van der Waals surface area contributed by atoms with Crippen LogP contribution < -0.4 is 21.1 Å². The maximum absolute atomic E-state index is 12.6. The molecule has 0 spiro atoms. The van der Waals surface area contributed by atoms with Gasteiger partial charge >= 0.3 is 0 Å². The average Bonchev–Trinajstić information content (AvgIpc) is 3.02. The van der Waals surface area contributed by atoms with E-state index in [2.05, 4.69) is 15.6 Å². The van der Waals surface area contributed by atoms with Crippen LogP contribution >= 0.6 is 0 Å². The Morgan fingerprint density at radius 3 is 2.46 bits per heavy atom. The largest absolute Gasteiger partial charge is 0.461 e. The molecular weight excluding hydrogens is 360 g/mol. The molecule has 28 heavy (non-hydrogen) atoms. The molecule has 8 heteroatoms. The van der Waals surface area contributed by atoms with E-state index in [1.807, 2.05) is 6.07 Å². The molecule has 0 aliphatic carbocycles. The van der Waals surface area contributed by atoms with E-state index in [0.29, 0.717) is 31.0 Å². The number of hydrogen-bond acceptors (Lipinski definition) is 5. The fourth-order valence-electron chi connectivity index (χ4n) is 3.13. The van der Waals surface area contributed by atoms with Gasteiger partial charge in [0.25, 0.3) is 5.91 Å². The smallest absolute Gasteiger partial charge is 0.264 e. The summed E-state index contributed by atoms with van der Waals surface area (Å²) >= 11 is 0. The van der Waals surface area contributed by atoms with Crippen molar-refractivity contribution in [2.75, 3.05) is 13.1 Å². The molecule has 0 fully saturated rings. The van der Waals surface area contributed by atoms with Gasteiger partial charge in [0, 0.05) is 43.8 Å². The van der Waals surface area contributed by atoms with Gasteiger partial charge in [-0.1, -0.05) is 12.1 Å². The normalized spacial score (nSPS) is 17.4. The minimum absolute atomic E-state index is 0.152. The van der Waals surface area contributed by atoms with Crippen molar-refractivity contribution in [2.24, 2.45) is 5.73 Å². The second-order valence-corrected chi connectivity index (χ2v) is 6.83. The zero-order valence-corrected chi connectivity index (χ0v) is 15.7. The quantitative estimate of drug-likeness (QED) is 0.638. The van der Waals surface area contributed by atoms with Crippen molar-refractivity contribution in [1.82, 2.24) is 15.6 Å². The summed E-state index contributed by atoms with van der Waals surface area (Å²) < 4.78 is 5.87. The number of fused-ring (bicyclic) bond motifs is 1. The summed E-state index contributed by atoms with van der Waals surface area (Å²) in [5, 5.41) is 5.40. The van der Waals surface area contributed by atoms with Crippen LogP contribution in [0.4, 0.5) is 0 Å². The van der Waals surface area contributed by atoms with Gasteiger partial charge in [-0.15, -0.1) is 0 Å². The highest BCUT2D eigenvalue weighted by Gasteiger charge is 2.43. The Hall–Kier alpha value is -3.42. The lowest BCUT2D eigenvalue weighted by molar-refractivity contribution is -0.134. The van der Waals surface area contributed by atoms with E-state index in [1.165, 1.54) is 6.92 Å². The molecule has 3 rings (SSSR count). The Morgan fingerprint density at radius 2 is 1.82 bits per heavy atom. The molecule has 0 saturated heterocycles. The van der Waals surface area contributed by atoms with Crippen molar-refractivity contribution in [2.45, 2.75) is 25.9 Å². The second-order valence-electron chi connectivity index (χ2n) is 6.83. The monoisotopic (exact) mass is 382 g/mol. The first kappa shape index (κ1) is 19.3. The van der Waals surface area contributed by atoms with Crippen molar-refractivity contribution < 1.29 is 19.1 Å². The van der Waals surface area contributed by atoms with Gasteiger partial charge in [0.2, 0.25) is 17.7 Å². The maximum Gasteiger partial charge on any atom is 0.264 e. The predicted molar refractivity (Wildman–Crippen MR) is 103 cm³/mol. The molecule has 0 saturated carbocycles. The van der Waals surface area contributed by atoms with Gasteiger partial charge in [-0.3, -0.25) is 14.4 Å². The Morgan fingerprint density at radius 1 is 1.14 bits per heavy atom. The molecule has 2 aromatic rings. The molecule has 146 valence electrons. The molecule has 1 aliphatic rings. The molecule has 0 radical (unpaired) electrons. The van der Waals surface area contributed by atoms with Gasteiger partial charge in [0.05, 0.1) is 0 Å². The molecule has 0 bridgehead atoms. The zero-order chi connectivity index (χ0) is 20.3. The number of carbonyl (C=O) groups is 3. The van der Waals surface area contributed by atoms with Gasteiger partial charge in [-0.25, -0.2) is 4.98 Å². The maximum atomic E-state index is 12.6. The van der Waals surface area contributed by atoms with Crippen molar-refractivity contribution in [3.63, 3.8) is 0 Å². The van der Waals surface area contributed by atoms with Gasteiger partial charge in [0.1, 0.15) is 0 Å². The summed E-state index contributed by atoms with van der Waals surface area (Å²) in [6.07, 6.45) is 1.98. The van der Waals surface area contributed by atoms with Crippen LogP contribution in [-0.2, 0) is 16.0 Å². The van der Waals surface area contributed by atoms with Gasteiger partial charge in [-0.05, 0) is 36.2 Å². The number of nitrogens with zero attached hydrogens (tertiary/aromatic N) is 1. The Balaban J connectivity index is 1.77. The van der Waals surface area contributed by atoms with Gasteiger partial charge < -0.3 is 21.1 Å². The predicted octanol–water partition coefficient (Wildman–Crippen LogP) is 0.793. The third-order valence-corrected chi connectivity index (χ3v) is 4.60. The number of hydrogen-bond donors (Lipinski definition) is 3. The van der Waals surface area contributed by atoms with Crippen molar-refractivity contribution >= 4 is 17.7 Å². The van der Waals surface area contributed by atoms with E-state index in [9.17, 15) is 14.4 Å². The van der Waals surface area contributed by atoms with Gasteiger partial charge in [-0.2, -0.15) is 0 Å². The van der Waals surface area contributed by atoms with Crippen LogP contribution in [0, 0.1) is 0 Å². The van der Waals surface area contributed by atoms with E-state index >= 15 is 0 Å². The van der Waals surface area contributed by atoms with Crippen LogP contribution in [0.15, 0.2) is 36.5 Å². The number of primary amides is 1. The third kappa shape index (κ3) is 3.95. The Kier molecular flexibility index (Phi) is 5.30. The first-order valence-corrected chi connectivity index (χ1v) is 8.90. The third-order valence-electron chi connectivity index (χ3n) is 4.60. The number of amides is 3. The number of benzene rings is 1. The number of nitrogens with one attached hydrogen (secondary N) is 2. The molecular formula is C20H22N4O4. The van der Waals surface area contributed by atoms with E-state index < -0.39 is 11.5 Å². The summed E-state index contributed by atoms with van der Waals surface area (Å²) in [6.45, 7) is 3.79. The minimum Gasteiger partial charge on any atom is -0.461 e. The van der Waals surface area contributed by atoms with Crippen LogP contribution in [0.5, 0.6) is 5.88 Å². The summed E-state index contributed by atoms with van der Waals surface area (Å²) in [5.41, 5.74) is 7.22. The molecule has 1 aliphatic heterocycles. The molecule has 8 nitrogen and oxygen atoms in total. The number of nitrogens with two attached hydrogens (primary N) is 1. The topological polar surface area (TPSA) is 123 Å². The highest BCUT2D eigenvalue weighted by molar-refractivity contribution is 5.93.